The van der Waals surface area contributed by atoms with Crippen molar-refractivity contribution >= 4 is 36.6 Å². The summed E-state index contributed by atoms with van der Waals surface area (Å²) in [6.07, 6.45) is 1.97. The number of nitrogens with zero attached hydrogens (tertiary/aromatic N) is 3. The summed E-state index contributed by atoms with van der Waals surface area (Å²) in [5.41, 5.74) is 15.3. The third-order valence-corrected chi connectivity index (χ3v) is 4.40. The number of nitrogens with two attached hydrogens (primary N) is 2. The number of rotatable bonds is 4. The Morgan fingerprint density at radius 2 is 1.83 bits per heavy atom. The number of benzene rings is 1. The van der Waals surface area contributed by atoms with E-state index in [1.165, 1.54) is 11.1 Å². The van der Waals surface area contributed by atoms with E-state index in [9.17, 15) is 0 Å². The fraction of sp³-hybridized carbons (Fsp3) is 0.412. The molecule has 24 heavy (non-hydrogen) atoms. The predicted octanol–water partition coefficient (Wildman–Crippen LogP) is 3.05. The SMILES string of the molecule is Cc1ccccc1CN(C)c1cc(C2CC(N)C2)nc(N)n1.Cl.Cl. The van der Waals surface area contributed by atoms with Crippen LogP contribution in [0.4, 0.5) is 11.8 Å². The molecule has 1 aromatic carbocycles. The maximum atomic E-state index is 5.89. The van der Waals surface area contributed by atoms with Crippen LogP contribution in [0.15, 0.2) is 30.3 Å². The Morgan fingerprint density at radius 1 is 1.17 bits per heavy atom. The van der Waals surface area contributed by atoms with Crippen molar-refractivity contribution in [3.8, 4) is 0 Å². The van der Waals surface area contributed by atoms with Crippen molar-refractivity contribution in [1.29, 1.82) is 0 Å². The van der Waals surface area contributed by atoms with Crippen LogP contribution in [-0.4, -0.2) is 23.1 Å². The van der Waals surface area contributed by atoms with Crippen molar-refractivity contribution in [2.45, 2.75) is 38.3 Å². The highest BCUT2D eigenvalue weighted by Gasteiger charge is 2.29. The van der Waals surface area contributed by atoms with Crippen LogP contribution in [0, 0.1) is 6.92 Å². The second-order valence-electron chi connectivity index (χ2n) is 6.22. The molecule has 1 aromatic heterocycles. The van der Waals surface area contributed by atoms with Crippen molar-refractivity contribution in [2.24, 2.45) is 5.73 Å². The summed E-state index contributed by atoms with van der Waals surface area (Å²) in [6, 6.07) is 10.7. The van der Waals surface area contributed by atoms with Crippen LogP contribution < -0.4 is 16.4 Å². The van der Waals surface area contributed by atoms with Crippen LogP contribution in [0.25, 0.3) is 0 Å². The summed E-state index contributed by atoms with van der Waals surface area (Å²) in [6.45, 7) is 2.92. The second kappa shape index (κ2) is 8.51. The minimum absolute atomic E-state index is 0. The van der Waals surface area contributed by atoms with Gasteiger partial charge in [0.05, 0.1) is 5.69 Å². The van der Waals surface area contributed by atoms with E-state index in [-0.39, 0.29) is 24.8 Å². The number of aromatic nitrogens is 2. The van der Waals surface area contributed by atoms with Crippen molar-refractivity contribution in [3.63, 3.8) is 0 Å². The molecule has 1 heterocycles. The highest BCUT2D eigenvalue weighted by Crippen LogP contribution is 2.35. The van der Waals surface area contributed by atoms with Gasteiger partial charge < -0.3 is 16.4 Å². The molecule has 0 unspecified atom stereocenters. The molecule has 1 fully saturated rings. The normalized spacial score (nSPS) is 18.8. The Morgan fingerprint density at radius 3 is 2.46 bits per heavy atom. The Labute approximate surface area is 155 Å². The predicted molar refractivity (Wildman–Crippen MR) is 104 cm³/mol. The van der Waals surface area contributed by atoms with Crippen molar-refractivity contribution < 1.29 is 0 Å². The quantitative estimate of drug-likeness (QED) is 0.865. The molecule has 0 radical (unpaired) electrons. The van der Waals surface area contributed by atoms with Crippen molar-refractivity contribution in [1.82, 2.24) is 9.97 Å². The number of hydrogen-bond acceptors (Lipinski definition) is 5. The number of nitrogen functional groups attached to an aromatic ring is 1. The lowest BCUT2D eigenvalue weighted by Crippen LogP contribution is -2.35. The summed E-state index contributed by atoms with van der Waals surface area (Å²) in [5, 5.41) is 0. The largest absolute Gasteiger partial charge is 0.368 e. The van der Waals surface area contributed by atoms with Gasteiger partial charge in [-0.1, -0.05) is 24.3 Å². The van der Waals surface area contributed by atoms with Gasteiger partial charge in [0.1, 0.15) is 5.82 Å². The molecule has 1 saturated carbocycles. The molecule has 0 amide bonds. The topological polar surface area (TPSA) is 81.1 Å². The molecule has 5 nitrogen and oxygen atoms in total. The lowest BCUT2D eigenvalue weighted by Gasteiger charge is -2.32. The minimum Gasteiger partial charge on any atom is -0.368 e. The van der Waals surface area contributed by atoms with Crippen LogP contribution in [0.1, 0.15) is 35.6 Å². The van der Waals surface area contributed by atoms with Gasteiger partial charge >= 0.3 is 0 Å². The zero-order chi connectivity index (χ0) is 15.7. The fourth-order valence-electron chi connectivity index (χ4n) is 2.90. The molecule has 1 aliphatic rings. The maximum absolute atomic E-state index is 5.89. The van der Waals surface area contributed by atoms with E-state index in [1.807, 2.05) is 13.1 Å². The smallest absolute Gasteiger partial charge is 0.222 e. The molecule has 0 spiro atoms. The third-order valence-electron chi connectivity index (χ3n) is 4.40. The molecule has 1 aliphatic carbocycles. The summed E-state index contributed by atoms with van der Waals surface area (Å²) in [5.74, 6) is 1.63. The Bertz CT molecular complexity index is 674. The van der Waals surface area contributed by atoms with Gasteiger partial charge in [0.25, 0.3) is 0 Å². The van der Waals surface area contributed by atoms with Gasteiger partial charge in [0.15, 0.2) is 0 Å². The molecule has 2 aromatic rings. The van der Waals surface area contributed by atoms with E-state index in [0.717, 1.165) is 30.9 Å². The van der Waals surface area contributed by atoms with Gasteiger partial charge in [0.2, 0.25) is 5.95 Å². The zero-order valence-electron chi connectivity index (χ0n) is 14.0. The number of anilines is 2. The van der Waals surface area contributed by atoms with Crippen molar-refractivity contribution in [3.05, 3.63) is 47.2 Å². The van der Waals surface area contributed by atoms with Gasteiger partial charge in [0, 0.05) is 31.6 Å². The molecule has 4 N–H and O–H groups in total. The van der Waals surface area contributed by atoms with Crippen LogP contribution in [0.5, 0.6) is 0 Å². The highest BCUT2D eigenvalue weighted by molar-refractivity contribution is 5.85. The van der Waals surface area contributed by atoms with Crippen LogP contribution >= 0.6 is 24.8 Å². The van der Waals surface area contributed by atoms with E-state index in [1.54, 1.807) is 0 Å². The average molecular weight is 370 g/mol. The van der Waals surface area contributed by atoms with E-state index in [4.69, 9.17) is 11.5 Å². The first-order chi connectivity index (χ1) is 10.5. The fourth-order valence-corrected chi connectivity index (χ4v) is 2.90. The van der Waals surface area contributed by atoms with Crippen LogP contribution in [0.3, 0.4) is 0 Å². The van der Waals surface area contributed by atoms with E-state index in [0.29, 0.717) is 17.9 Å². The first-order valence-electron chi connectivity index (χ1n) is 7.68. The van der Waals surface area contributed by atoms with Gasteiger partial charge in [-0.05, 0) is 30.9 Å². The maximum Gasteiger partial charge on any atom is 0.222 e. The molecular weight excluding hydrogens is 345 g/mol. The molecule has 7 heteroatoms. The first kappa shape index (κ1) is 20.5. The first-order valence-corrected chi connectivity index (χ1v) is 7.68. The lowest BCUT2D eigenvalue weighted by molar-refractivity contribution is 0.345. The van der Waals surface area contributed by atoms with E-state index >= 15 is 0 Å². The van der Waals surface area contributed by atoms with E-state index < -0.39 is 0 Å². The monoisotopic (exact) mass is 369 g/mol. The Hall–Kier alpha value is -1.56. The minimum atomic E-state index is 0. The Kier molecular flexibility index (Phi) is 7.27. The van der Waals surface area contributed by atoms with E-state index in [2.05, 4.69) is 46.1 Å². The van der Waals surface area contributed by atoms with Gasteiger partial charge in [-0.25, -0.2) is 4.98 Å². The van der Waals surface area contributed by atoms with Gasteiger partial charge in [-0.2, -0.15) is 4.98 Å². The standard InChI is InChI=1S/C17H23N5.2ClH/c1-11-5-3-4-6-12(11)10-22(2)16-9-15(20-17(19)21-16)13-7-14(18)8-13;;/h3-6,9,13-14H,7-8,10,18H2,1-2H3,(H2,19,20,21);2*1H. The van der Waals surface area contributed by atoms with Crippen LogP contribution in [0.2, 0.25) is 0 Å². The molecule has 132 valence electrons. The molecular formula is C17H25Cl2N5. The highest BCUT2D eigenvalue weighted by atomic mass is 35.5. The average Bonchev–Trinajstić information content (AvgIpc) is 2.45. The second-order valence-corrected chi connectivity index (χ2v) is 6.22. The summed E-state index contributed by atoms with van der Waals surface area (Å²) >= 11 is 0. The van der Waals surface area contributed by atoms with Gasteiger partial charge in [-0.15, -0.1) is 24.8 Å². The summed E-state index contributed by atoms with van der Waals surface area (Å²) < 4.78 is 0. The molecule has 3 rings (SSSR count). The number of hydrogen-bond donors (Lipinski definition) is 2. The van der Waals surface area contributed by atoms with Gasteiger partial charge in [-0.3, -0.25) is 0 Å². The summed E-state index contributed by atoms with van der Waals surface area (Å²) in [4.78, 5) is 10.9. The third kappa shape index (κ3) is 4.50. The molecule has 0 aliphatic heterocycles. The molecule has 0 bridgehead atoms. The molecule has 0 saturated heterocycles. The number of halogens is 2. The molecule has 0 atom stereocenters. The lowest BCUT2D eigenvalue weighted by atomic mass is 9.78. The zero-order valence-corrected chi connectivity index (χ0v) is 15.6. The summed E-state index contributed by atoms with van der Waals surface area (Å²) in [7, 11) is 2.03. The van der Waals surface area contributed by atoms with Crippen LogP contribution in [-0.2, 0) is 6.54 Å². The Balaban J connectivity index is 0.00000144. The van der Waals surface area contributed by atoms with Crippen molar-refractivity contribution in [2.75, 3.05) is 17.7 Å². The number of aryl methyl sites for hydroxylation is 1.